The summed E-state index contributed by atoms with van der Waals surface area (Å²) >= 11 is 0. The summed E-state index contributed by atoms with van der Waals surface area (Å²) in [5.74, 6) is -1.77. The zero-order valence-electron chi connectivity index (χ0n) is 14.5. The Balaban J connectivity index is 2.56. The van der Waals surface area contributed by atoms with Crippen LogP contribution in [0.3, 0.4) is 0 Å². The zero-order valence-corrected chi connectivity index (χ0v) is 14.5. The van der Waals surface area contributed by atoms with Crippen molar-refractivity contribution in [3.8, 4) is 0 Å². The number of carbonyl (C=O) groups excluding carboxylic acids is 2. The number of aliphatic carboxylic acids is 1. The van der Waals surface area contributed by atoms with E-state index >= 15 is 0 Å². The number of carboxylic acid groups (broad SMARTS) is 1. The van der Waals surface area contributed by atoms with E-state index in [1.165, 1.54) is 16.0 Å². The molecule has 0 aromatic heterocycles. The number of hydrogen-bond donors (Lipinski definition) is 1. The number of ether oxygens (including phenoxy) is 1. The highest BCUT2D eigenvalue weighted by Gasteiger charge is 2.41. The Labute approximate surface area is 146 Å². The quantitative estimate of drug-likeness (QED) is 0.884. The van der Waals surface area contributed by atoms with E-state index in [4.69, 9.17) is 4.74 Å². The summed E-state index contributed by atoms with van der Waals surface area (Å²) in [4.78, 5) is 39.0. The second kappa shape index (κ2) is 7.83. The van der Waals surface area contributed by atoms with Crippen LogP contribution in [0.2, 0.25) is 0 Å². The van der Waals surface area contributed by atoms with Crippen molar-refractivity contribution in [3.05, 3.63) is 42.1 Å². The highest BCUT2D eigenvalue weighted by molar-refractivity contribution is 5.98. The number of nitrogens with zero attached hydrogens (tertiary/aromatic N) is 2. The van der Waals surface area contributed by atoms with E-state index in [0.717, 1.165) is 0 Å². The van der Waals surface area contributed by atoms with Crippen molar-refractivity contribution in [2.24, 2.45) is 5.92 Å². The molecule has 0 radical (unpaired) electrons. The monoisotopic (exact) mass is 346 g/mol. The van der Waals surface area contributed by atoms with Crippen LogP contribution in [-0.4, -0.2) is 52.1 Å². The van der Waals surface area contributed by atoms with Crippen LogP contribution in [0, 0.1) is 5.92 Å². The average Bonchev–Trinajstić information content (AvgIpc) is 2.56. The van der Waals surface area contributed by atoms with Crippen LogP contribution >= 0.6 is 0 Å². The predicted octanol–water partition coefficient (Wildman–Crippen LogP) is 2.39. The number of carbonyl (C=O) groups is 3. The Morgan fingerprint density at radius 3 is 2.40 bits per heavy atom. The van der Waals surface area contributed by atoms with Crippen molar-refractivity contribution >= 4 is 23.7 Å². The number of rotatable bonds is 5. The Hall–Kier alpha value is -2.83. The third-order valence-corrected chi connectivity index (χ3v) is 3.84. The molecule has 134 valence electrons. The van der Waals surface area contributed by atoms with Crippen LogP contribution in [-0.2, 0) is 14.3 Å². The molecule has 1 aromatic carbocycles. The molecule has 1 heterocycles. The smallest absolute Gasteiger partial charge is 0.414 e. The highest BCUT2D eigenvalue weighted by atomic mass is 16.6. The molecule has 2 rings (SSSR count). The lowest BCUT2D eigenvalue weighted by Gasteiger charge is -2.40. The highest BCUT2D eigenvalue weighted by Crippen LogP contribution is 2.30. The molecule has 1 N–H and O–H groups in total. The van der Waals surface area contributed by atoms with Crippen LogP contribution < -0.4 is 0 Å². The van der Waals surface area contributed by atoms with E-state index in [0.29, 0.717) is 11.3 Å². The van der Waals surface area contributed by atoms with Crippen molar-refractivity contribution in [2.45, 2.75) is 26.8 Å². The van der Waals surface area contributed by atoms with Crippen LogP contribution in [0.1, 0.15) is 26.3 Å². The van der Waals surface area contributed by atoms with Gasteiger partial charge in [-0.3, -0.25) is 19.4 Å². The largest absolute Gasteiger partial charge is 0.480 e. The standard InChI is InChI=1S/C18H22N2O5/c1-4-25-18(24)20-10-14(13-8-6-5-7-9-13)19(11-15(21)22)17(23)16(20)12(2)3/h5-10,12,16H,4,11H2,1-3H3,(H,21,22)/t16-/m0/s1. The normalized spacial score (nSPS) is 17.5. The van der Waals surface area contributed by atoms with E-state index in [1.54, 1.807) is 45.0 Å². The molecule has 0 saturated carbocycles. The summed E-state index contributed by atoms with van der Waals surface area (Å²) in [6.07, 6.45) is 0.875. The number of hydrogen-bond acceptors (Lipinski definition) is 4. The van der Waals surface area contributed by atoms with Crippen LogP contribution in [0.4, 0.5) is 4.79 Å². The van der Waals surface area contributed by atoms with E-state index in [2.05, 4.69) is 0 Å². The molecule has 0 bridgehead atoms. The van der Waals surface area contributed by atoms with E-state index in [-0.39, 0.29) is 12.5 Å². The second-order valence-corrected chi connectivity index (χ2v) is 5.99. The first-order valence-electron chi connectivity index (χ1n) is 8.12. The lowest BCUT2D eigenvalue weighted by atomic mass is 9.97. The second-order valence-electron chi connectivity index (χ2n) is 5.99. The minimum absolute atomic E-state index is 0.182. The molecule has 0 spiro atoms. The van der Waals surface area contributed by atoms with E-state index < -0.39 is 30.6 Å². The molecule has 0 unspecified atom stereocenters. The first-order valence-corrected chi connectivity index (χ1v) is 8.12. The van der Waals surface area contributed by atoms with Gasteiger partial charge < -0.3 is 9.84 Å². The fraction of sp³-hybridized carbons (Fsp3) is 0.389. The van der Waals surface area contributed by atoms with Crippen molar-refractivity contribution in [3.63, 3.8) is 0 Å². The van der Waals surface area contributed by atoms with Crippen molar-refractivity contribution in [1.29, 1.82) is 0 Å². The summed E-state index contributed by atoms with van der Waals surface area (Å²) < 4.78 is 5.07. The first kappa shape index (κ1) is 18.5. The SMILES string of the molecule is CCOC(=O)N1C=C(c2ccccc2)N(CC(=O)O)C(=O)[C@@H]1C(C)C. The van der Waals surface area contributed by atoms with Crippen molar-refractivity contribution < 1.29 is 24.2 Å². The summed E-state index contributed by atoms with van der Waals surface area (Å²) in [6.45, 7) is 5.00. The summed E-state index contributed by atoms with van der Waals surface area (Å²) in [5.41, 5.74) is 1.01. The Morgan fingerprint density at radius 1 is 1.24 bits per heavy atom. The van der Waals surface area contributed by atoms with Gasteiger partial charge in [0, 0.05) is 6.20 Å². The Kier molecular flexibility index (Phi) is 5.80. The number of benzene rings is 1. The Morgan fingerprint density at radius 2 is 1.88 bits per heavy atom. The summed E-state index contributed by atoms with van der Waals surface area (Å²) in [5, 5.41) is 9.21. The molecule has 0 aliphatic carbocycles. The molecule has 25 heavy (non-hydrogen) atoms. The van der Waals surface area contributed by atoms with Gasteiger partial charge in [-0.25, -0.2) is 4.79 Å². The van der Waals surface area contributed by atoms with Gasteiger partial charge in [-0.1, -0.05) is 44.2 Å². The topological polar surface area (TPSA) is 87.2 Å². The van der Waals surface area contributed by atoms with Gasteiger partial charge in [0.25, 0.3) is 5.91 Å². The molecule has 2 amide bonds. The minimum Gasteiger partial charge on any atom is -0.480 e. The zero-order chi connectivity index (χ0) is 18.6. The summed E-state index contributed by atoms with van der Waals surface area (Å²) in [7, 11) is 0. The third-order valence-electron chi connectivity index (χ3n) is 3.84. The molecule has 1 aliphatic rings. The van der Waals surface area contributed by atoms with Crippen LogP contribution in [0.15, 0.2) is 36.5 Å². The molecule has 0 saturated heterocycles. The van der Waals surface area contributed by atoms with Gasteiger partial charge in [0.05, 0.1) is 12.3 Å². The van der Waals surface area contributed by atoms with Gasteiger partial charge >= 0.3 is 12.1 Å². The van der Waals surface area contributed by atoms with Crippen LogP contribution in [0.5, 0.6) is 0 Å². The molecule has 0 fully saturated rings. The van der Waals surface area contributed by atoms with Crippen molar-refractivity contribution in [2.75, 3.05) is 13.2 Å². The average molecular weight is 346 g/mol. The van der Waals surface area contributed by atoms with Gasteiger partial charge in [0.1, 0.15) is 12.6 Å². The predicted molar refractivity (Wildman–Crippen MR) is 91.3 cm³/mol. The fourth-order valence-electron chi connectivity index (χ4n) is 2.79. The van der Waals surface area contributed by atoms with Crippen molar-refractivity contribution in [1.82, 2.24) is 9.80 Å². The van der Waals surface area contributed by atoms with E-state index in [1.807, 2.05) is 6.07 Å². The molecule has 7 heteroatoms. The van der Waals surface area contributed by atoms with E-state index in [9.17, 15) is 19.5 Å². The van der Waals surface area contributed by atoms with Gasteiger partial charge in [-0.05, 0) is 18.4 Å². The lowest BCUT2D eigenvalue weighted by molar-refractivity contribution is -0.144. The molecule has 1 aromatic rings. The molecular weight excluding hydrogens is 324 g/mol. The maximum absolute atomic E-state index is 13.0. The van der Waals surface area contributed by atoms with Gasteiger partial charge in [0.2, 0.25) is 0 Å². The maximum atomic E-state index is 13.0. The fourth-order valence-corrected chi connectivity index (χ4v) is 2.79. The van der Waals surface area contributed by atoms with Gasteiger partial charge in [-0.15, -0.1) is 0 Å². The number of amides is 2. The summed E-state index contributed by atoms with van der Waals surface area (Å²) in [6, 6.07) is 8.08. The molecule has 7 nitrogen and oxygen atoms in total. The van der Waals surface area contributed by atoms with Gasteiger partial charge in [0.15, 0.2) is 0 Å². The number of carboxylic acids is 1. The van der Waals surface area contributed by atoms with Crippen LogP contribution in [0.25, 0.3) is 5.70 Å². The van der Waals surface area contributed by atoms with Gasteiger partial charge in [-0.2, -0.15) is 0 Å². The molecule has 1 atom stereocenters. The third kappa shape index (κ3) is 3.99. The lowest BCUT2D eigenvalue weighted by Crippen LogP contribution is -2.55. The first-order chi connectivity index (χ1) is 11.9. The minimum atomic E-state index is -1.12. The molecule has 1 aliphatic heterocycles. The Bertz CT molecular complexity index is 684. The maximum Gasteiger partial charge on any atom is 0.414 e. The molecular formula is C18H22N2O5.